The highest BCUT2D eigenvalue weighted by molar-refractivity contribution is 5.38. The van der Waals surface area contributed by atoms with E-state index in [2.05, 4.69) is 0 Å². The van der Waals surface area contributed by atoms with Crippen molar-refractivity contribution in [3.05, 3.63) is 29.3 Å². The first kappa shape index (κ1) is 11.0. The van der Waals surface area contributed by atoms with Crippen LogP contribution in [0.4, 0.5) is 0 Å². The molecule has 1 aromatic rings. The molecule has 14 heavy (non-hydrogen) atoms. The highest BCUT2D eigenvalue weighted by Crippen LogP contribution is 2.24. The Hall–Kier alpha value is -1.06. The Morgan fingerprint density at radius 1 is 1.50 bits per heavy atom. The molecule has 0 spiro atoms. The predicted molar refractivity (Wildman–Crippen MR) is 56.4 cm³/mol. The minimum Gasteiger partial charge on any atom is -0.491 e. The smallest absolute Gasteiger partial charge is 0.124 e. The van der Waals surface area contributed by atoms with Gasteiger partial charge in [0.2, 0.25) is 0 Å². The summed E-state index contributed by atoms with van der Waals surface area (Å²) in [6, 6.07) is 5.82. The second kappa shape index (κ2) is 4.98. The van der Waals surface area contributed by atoms with Crippen molar-refractivity contribution in [3.63, 3.8) is 0 Å². The molecule has 78 valence electrons. The molecule has 0 aliphatic rings. The monoisotopic (exact) mass is 195 g/mol. The van der Waals surface area contributed by atoms with E-state index in [1.165, 1.54) is 0 Å². The summed E-state index contributed by atoms with van der Waals surface area (Å²) in [5, 5.41) is 8.66. The van der Waals surface area contributed by atoms with Crippen molar-refractivity contribution >= 4 is 0 Å². The molecule has 1 unspecified atom stereocenters. The van der Waals surface area contributed by atoms with E-state index in [1.807, 2.05) is 32.0 Å². The third kappa shape index (κ3) is 2.72. The number of aryl methyl sites for hydroxylation is 1. The first-order chi connectivity index (χ1) is 6.65. The molecule has 1 aromatic carbocycles. The van der Waals surface area contributed by atoms with E-state index in [0.717, 1.165) is 16.9 Å². The summed E-state index contributed by atoms with van der Waals surface area (Å²) in [5.74, 6) is 0.764. The molecular formula is C11H17NO2. The van der Waals surface area contributed by atoms with Gasteiger partial charge >= 0.3 is 0 Å². The molecule has 0 radical (unpaired) electrons. The van der Waals surface area contributed by atoms with Crippen molar-refractivity contribution in [1.82, 2.24) is 0 Å². The highest BCUT2D eigenvalue weighted by atomic mass is 16.5. The standard InChI is InChI=1S/C11H17NO2/c1-8-3-4-11(14-6-5-13)10(7-8)9(2)12/h3-4,7,9,13H,5-6,12H2,1-2H3. The quantitative estimate of drug-likeness (QED) is 0.763. The first-order valence-electron chi connectivity index (χ1n) is 4.75. The van der Waals surface area contributed by atoms with E-state index >= 15 is 0 Å². The average molecular weight is 195 g/mol. The molecule has 0 aliphatic carbocycles. The number of hydrogen-bond acceptors (Lipinski definition) is 3. The third-order valence-electron chi connectivity index (χ3n) is 2.00. The summed E-state index contributed by atoms with van der Waals surface area (Å²) in [4.78, 5) is 0. The number of ether oxygens (including phenoxy) is 1. The van der Waals surface area contributed by atoms with E-state index in [0.29, 0.717) is 6.61 Å². The average Bonchev–Trinajstić information content (AvgIpc) is 2.15. The van der Waals surface area contributed by atoms with Gasteiger partial charge in [-0.25, -0.2) is 0 Å². The zero-order valence-electron chi connectivity index (χ0n) is 8.66. The number of rotatable bonds is 4. The van der Waals surface area contributed by atoms with Crippen molar-refractivity contribution < 1.29 is 9.84 Å². The number of benzene rings is 1. The third-order valence-corrected chi connectivity index (χ3v) is 2.00. The van der Waals surface area contributed by atoms with Crippen LogP contribution in [0.2, 0.25) is 0 Å². The Morgan fingerprint density at radius 3 is 2.79 bits per heavy atom. The summed E-state index contributed by atoms with van der Waals surface area (Å²) >= 11 is 0. The first-order valence-corrected chi connectivity index (χ1v) is 4.75. The fourth-order valence-electron chi connectivity index (χ4n) is 1.31. The molecule has 0 aromatic heterocycles. The highest BCUT2D eigenvalue weighted by Gasteiger charge is 2.07. The minimum absolute atomic E-state index is 0.0201. The lowest BCUT2D eigenvalue weighted by Crippen LogP contribution is -2.10. The lowest BCUT2D eigenvalue weighted by molar-refractivity contribution is 0.200. The maximum Gasteiger partial charge on any atom is 0.124 e. The van der Waals surface area contributed by atoms with Gasteiger partial charge in [-0.3, -0.25) is 0 Å². The molecule has 1 atom stereocenters. The molecule has 0 bridgehead atoms. The van der Waals surface area contributed by atoms with Gasteiger partial charge in [0.05, 0.1) is 6.61 Å². The molecule has 0 fully saturated rings. The summed E-state index contributed by atoms with van der Waals surface area (Å²) in [7, 11) is 0. The van der Waals surface area contributed by atoms with Crippen LogP contribution in [0.3, 0.4) is 0 Å². The molecule has 0 saturated carbocycles. The molecular weight excluding hydrogens is 178 g/mol. The van der Waals surface area contributed by atoms with Gasteiger partial charge < -0.3 is 15.6 Å². The van der Waals surface area contributed by atoms with Crippen LogP contribution in [0.25, 0.3) is 0 Å². The Kier molecular flexibility index (Phi) is 3.92. The van der Waals surface area contributed by atoms with Gasteiger partial charge in [-0.15, -0.1) is 0 Å². The molecule has 3 heteroatoms. The Morgan fingerprint density at radius 2 is 2.21 bits per heavy atom. The number of hydrogen-bond donors (Lipinski definition) is 2. The lowest BCUT2D eigenvalue weighted by Gasteiger charge is -2.14. The van der Waals surface area contributed by atoms with E-state index in [1.54, 1.807) is 0 Å². The Balaban J connectivity index is 2.90. The van der Waals surface area contributed by atoms with Crippen molar-refractivity contribution in [2.45, 2.75) is 19.9 Å². The van der Waals surface area contributed by atoms with Crippen LogP contribution in [0.15, 0.2) is 18.2 Å². The van der Waals surface area contributed by atoms with Gasteiger partial charge in [-0.1, -0.05) is 17.7 Å². The summed E-state index contributed by atoms with van der Waals surface area (Å²) in [5.41, 5.74) is 7.96. The van der Waals surface area contributed by atoms with Crippen LogP contribution in [-0.2, 0) is 0 Å². The predicted octanol–water partition coefficient (Wildman–Crippen LogP) is 1.39. The van der Waals surface area contributed by atoms with Gasteiger partial charge in [-0.2, -0.15) is 0 Å². The summed E-state index contributed by atoms with van der Waals surface area (Å²) < 4.78 is 5.37. The van der Waals surface area contributed by atoms with E-state index in [-0.39, 0.29) is 12.6 Å². The molecule has 0 heterocycles. The Labute approximate surface area is 84.5 Å². The largest absolute Gasteiger partial charge is 0.491 e. The summed E-state index contributed by atoms with van der Waals surface area (Å²) in [6.07, 6.45) is 0. The van der Waals surface area contributed by atoms with E-state index in [4.69, 9.17) is 15.6 Å². The Bertz CT molecular complexity index is 297. The summed E-state index contributed by atoms with van der Waals surface area (Å²) in [6.45, 7) is 4.26. The van der Waals surface area contributed by atoms with Crippen LogP contribution in [0, 0.1) is 6.92 Å². The maximum absolute atomic E-state index is 8.66. The molecule has 3 N–H and O–H groups in total. The number of aliphatic hydroxyl groups excluding tert-OH is 1. The van der Waals surface area contributed by atoms with Gasteiger partial charge in [-0.05, 0) is 19.9 Å². The molecule has 0 aliphatic heterocycles. The van der Waals surface area contributed by atoms with Gasteiger partial charge in [0.15, 0.2) is 0 Å². The van der Waals surface area contributed by atoms with Gasteiger partial charge in [0.1, 0.15) is 12.4 Å². The molecule has 0 amide bonds. The van der Waals surface area contributed by atoms with E-state index in [9.17, 15) is 0 Å². The van der Waals surface area contributed by atoms with Gasteiger partial charge in [0.25, 0.3) is 0 Å². The van der Waals surface area contributed by atoms with Crippen LogP contribution in [0.1, 0.15) is 24.1 Å². The second-order valence-corrected chi connectivity index (χ2v) is 3.40. The zero-order valence-corrected chi connectivity index (χ0v) is 8.66. The topological polar surface area (TPSA) is 55.5 Å². The minimum atomic E-state index is -0.0522. The lowest BCUT2D eigenvalue weighted by atomic mass is 10.1. The van der Waals surface area contributed by atoms with Crippen molar-refractivity contribution in [3.8, 4) is 5.75 Å². The number of aliphatic hydroxyl groups is 1. The SMILES string of the molecule is Cc1ccc(OCCO)c(C(C)N)c1. The van der Waals surface area contributed by atoms with Crippen LogP contribution in [0.5, 0.6) is 5.75 Å². The normalized spacial score (nSPS) is 12.6. The van der Waals surface area contributed by atoms with E-state index < -0.39 is 0 Å². The van der Waals surface area contributed by atoms with Crippen molar-refractivity contribution in [2.75, 3.05) is 13.2 Å². The second-order valence-electron chi connectivity index (χ2n) is 3.40. The fourth-order valence-corrected chi connectivity index (χ4v) is 1.31. The molecule has 1 rings (SSSR count). The van der Waals surface area contributed by atoms with Crippen LogP contribution < -0.4 is 10.5 Å². The maximum atomic E-state index is 8.66. The molecule has 3 nitrogen and oxygen atoms in total. The van der Waals surface area contributed by atoms with Crippen molar-refractivity contribution in [1.29, 1.82) is 0 Å². The van der Waals surface area contributed by atoms with Crippen LogP contribution >= 0.6 is 0 Å². The van der Waals surface area contributed by atoms with Gasteiger partial charge in [0, 0.05) is 11.6 Å². The van der Waals surface area contributed by atoms with Crippen molar-refractivity contribution in [2.24, 2.45) is 5.73 Å². The fraction of sp³-hybridized carbons (Fsp3) is 0.455. The molecule has 0 saturated heterocycles. The zero-order chi connectivity index (χ0) is 10.6. The number of nitrogens with two attached hydrogens (primary N) is 1. The van der Waals surface area contributed by atoms with Crippen LogP contribution in [-0.4, -0.2) is 18.3 Å².